The molecule has 6 nitrogen and oxygen atoms in total. The maximum absolute atomic E-state index is 11.9. The van der Waals surface area contributed by atoms with Crippen molar-refractivity contribution in [3.8, 4) is 5.75 Å². The van der Waals surface area contributed by atoms with Gasteiger partial charge in [0.15, 0.2) is 0 Å². The Hall–Kier alpha value is -2.11. The van der Waals surface area contributed by atoms with E-state index in [1.165, 1.54) is 0 Å². The van der Waals surface area contributed by atoms with E-state index in [4.69, 9.17) is 4.74 Å². The lowest BCUT2D eigenvalue weighted by Gasteiger charge is -2.19. The smallest absolute Gasteiger partial charge is 0.242 e. The van der Waals surface area contributed by atoms with Gasteiger partial charge in [-0.3, -0.25) is 14.6 Å². The van der Waals surface area contributed by atoms with Crippen LogP contribution in [0.15, 0.2) is 12.1 Å². The molecule has 2 rings (SSSR count). The van der Waals surface area contributed by atoms with Crippen molar-refractivity contribution < 1.29 is 14.3 Å². The second-order valence-electron chi connectivity index (χ2n) is 4.48. The van der Waals surface area contributed by atoms with Gasteiger partial charge in [-0.05, 0) is 6.92 Å². The fourth-order valence-corrected chi connectivity index (χ4v) is 2.00. The number of nitrogens with zero attached hydrogens (tertiary/aromatic N) is 2. The normalized spacial score (nSPS) is 16.0. The van der Waals surface area contributed by atoms with Gasteiger partial charge in [0, 0.05) is 30.8 Å². The topological polar surface area (TPSA) is 71.5 Å². The van der Waals surface area contributed by atoms with Crippen LogP contribution in [0.25, 0.3) is 0 Å². The van der Waals surface area contributed by atoms with Crippen LogP contribution in [0.5, 0.6) is 5.75 Å². The first kappa shape index (κ1) is 13.3. The van der Waals surface area contributed by atoms with Crippen molar-refractivity contribution in [3.05, 3.63) is 23.5 Å². The zero-order chi connectivity index (χ0) is 13.8. The Morgan fingerprint density at radius 3 is 2.95 bits per heavy atom. The molecule has 1 aromatic heterocycles. The van der Waals surface area contributed by atoms with Crippen molar-refractivity contribution in [3.63, 3.8) is 0 Å². The Bertz CT molecular complexity index is 502. The number of hydrogen-bond donors (Lipinski definition) is 1. The quantitative estimate of drug-likeness (QED) is 0.848. The zero-order valence-corrected chi connectivity index (χ0v) is 11.1. The third-order valence-electron chi connectivity index (χ3n) is 2.97. The van der Waals surface area contributed by atoms with E-state index in [-0.39, 0.29) is 18.4 Å². The Labute approximate surface area is 111 Å². The molecule has 6 heteroatoms. The number of aromatic nitrogens is 1. The highest BCUT2D eigenvalue weighted by molar-refractivity contribution is 5.87. The summed E-state index contributed by atoms with van der Waals surface area (Å²) in [6, 6.07) is 3.64. The highest BCUT2D eigenvalue weighted by Gasteiger charge is 2.20. The number of pyridine rings is 1. The maximum atomic E-state index is 11.9. The number of hydrogen-bond acceptors (Lipinski definition) is 4. The van der Waals surface area contributed by atoms with Gasteiger partial charge in [0.2, 0.25) is 11.8 Å². The molecule has 1 N–H and O–H groups in total. The summed E-state index contributed by atoms with van der Waals surface area (Å²) in [5.74, 6) is 0.540. The van der Waals surface area contributed by atoms with E-state index >= 15 is 0 Å². The number of aryl methyl sites for hydroxylation is 1. The third-order valence-corrected chi connectivity index (χ3v) is 2.97. The Balaban J connectivity index is 2.13. The second-order valence-corrected chi connectivity index (χ2v) is 4.48. The Morgan fingerprint density at radius 2 is 2.21 bits per heavy atom. The van der Waals surface area contributed by atoms with Gasteiger partial charge in [-0.1, -0.05) is 0 Å². The molecule has 19 heavy (non-hydrogen) atoms. The monoisotopic (exact) mass is 263 g/mol. The van der Waals surface area contributed by atoms with E-state index in [1.807, 2.05) is 13.0 Å². The first-order chi connectivity index (χ1) is 9.08. The summed E-state index contributed by atoms with van der Waals surface area (Å²) in [6.07, 6.45) is 0.328. The lowest BCUT2D eigenvalue weighted by molar-refractivity contribution is -0.130. The van der Waals surface area contributed by atoms with Crippen molar-refractivity contribution in [1.29, 1.82) is 0 Å². The van der Waals surface area contributed by atoms with Gasteiger partial charge in [-0.2, -0.15) is 0 Å². The average Bonchev–Trinajstić information content (AvgIpc) is 2.53. The van der Waals surface area contributed by atoms with Crippen LogP contribution in [0, 0.1) is 6.92 Å². The number of carbonyl (C=O) groups is 2. The van der Waals surface area contributed by atoms with E-state index in [0.29, 0.717) is 19.5 Å². The van der Waals surface area contributed by atoms with Crippen LogP contribution in [0.3, 0.4) is 0 Å². The molecular formula is C13H17N3O3. The van der Waals surface area contributed by atoms with E-state index < -0.39 is 0 Å². The van der Waals surface area contributed by atoms with Crippen LogP contribution < -0.4 is 10.1 Å². The van der Waals surface area contributed by atoms with Gasteiger partial charge in [-0.25, -0.2) is 0 Å². The summed E-state index contributed by atoms with van der Waals surface area (Å²) in [6.45, 7) is 2.75. The van der Waals surface area contributed by atoms with Crippen LogP contribution in [-0.4, -0.2) is 41.9 Å². The van der Waals surface area contributed by atoms with Crippen LogP contribution in [0.1, 0.15) is 17.8 Å². The molecule has 1 aliphatic rings. The molecule has 0 aliphatic carbocycles. The minimum atomic E-state index is -0.0920. The summed E-state index contributed by atoms with van der Waals surface area (Å²) >= 11 is 0. The minimum Gasteiger partial charge on any atom is -0.497 e. The molecule has 1 fully saturated rings. The molecule has 0 radical (unpaired) electrons. The van der Waals surface area contributed by atoms with Gasteiger partial charge in [0.25, 0.3) is 0 Å². The van der Waals surface area contributed by atoms with E-state index in [2.05, 4.69) is 10.3 Å². The summed E-state index contributed by atoms with van der Waals surface area (Å²) in [4.78, 5) is 29.1. The molecule has 1 aromatic rings. The van der Waals surface area contributed by atoms with Crippen LogP contribution in [0.4, 0.5) is 0 Å². The predicted molar refractivity (Wildman–Crippen MR) is 68.6 cm³/mol. The van der Waals surface area contributed by atoms with Gasteiger partial charge >= 0.3 is 0 Å². The molecule has 0 saturated carbocycles. The van der Waals surface area contributed by atoms with Crippen LogP contribution in [-0.2, 0) is 16.1 Å². The van der Waals surface area contributed by atoms with Gasteiger partial charge in [0.05, 0.1) is 25.9 Å². The first-order valence-electron chi connectivity index (χ1n) is 6.14. The Morgan fingerprint density at radius 1 is 1.42 bits per heavy atom. The number of amides is 2. The van der Waals surface area contributed by atoms with Crippen LogP contribution >= 0.6 is 0 Å². The molecule has 1 aliphatic heterocycles. The maximum Gasteiger partial charge on any atom is 0.242 e. The SMILES string of the molecule is COc1cc(C)nc(CN2CCC(=O)NCC2=O)c1. The van der Waals surface area contributed by atoms with Crippen molar-refractivity contribution in [2.24, 2.45) is 0 Å². The van der Waals surface area contributed by atoms with Gasteiger partial charge in [-0.15, -0.1) is 0 Å². The molecule has 2 heterocycles. The summed E-state index contributed by atoms with van der Waals surface area (Å²) in [7, 11) is 1.60. The molecule has 0 bridgehead atoms. The second kappa shape index (κ2) is 5.69. The first-order valence-corrected chi connectivity index (χ1v) is 6.14. The number of ether oxygens (including phenoxy) is 1. The van der Waals surface area contributed by atoms with E-state index in [1.54, 1.807) is 18.1 Å². The largest absolute Gasteiger partial charge is 0.497 e. The lowest BCUT2D eigenvalue weighted by atomic mass is 10.2. The molecule has 0 unspecified atom stereocenters. The fraction of sp³-hybridized carbons (Fsp3) is 0.462. The summed E-state index contributed by atoms with van der Waals surface area (Å²) < 4.78 is 5.18. The molecular weight excluding hydrogens is 246 g/mol. The number of rotatable bonds is 3. The molecule has 0 aromatic carbocycles. The number of nitrogens with one attached hydrogen (secondary N) is 1. The summed E-state index contributed by atoms with van der Waals surface area (Å²) in [5.41, 5.74) is 1.60. The molecule has 0 atom stereocenters. The molecule has 102 valence electrons. The van der Waals surface area contributed by atoms with E-state index in [9.17, 15) is 9.59 Å². The van der Waals surface area contributed by atoms with Crippen molar-refractivity contribution >= 4 is 11.8 Å². The predicted octanol–water partition coefficient (Wildman–Crippen LogP) is 0.247. The average molecular weight is 263 g/mol. The standard InChI is InChI=1S/C13H17N3O3/c1-9-5-11(19-2)6-10(15-9)8-16-4-3-12(17)14-7-13(16)18/h5-6H,3-4,7-8H2,1-2H3,(H,14,17). The molecule has 2 amide bonds. The van der Waals surface area contributed by atoms with Crippen molar-refractivity contribution in [2.75, 3.05) is 20.2 Å². The summed E-state index contributed by atoms with van der Waals surface area (Å²) in [5, 5.41) is 2.57. The van der Waals surface area contributed by atoms with Crippen LogP contribution in [0.2, 0.25) is 0 Å². The Kier molecular flexibility index (Phi) is 3.99. The minimum absolute atomic E-state index is 0.0573. The van der Waals surface area contributed by atoms with Crippen molar-refractivity contribution in [1.82, 2.24) is 15.2 Å². The van der Waals surface area contributed by atoms with Gasteiger partial charge < -0.3 is 15.0 Å². The number of carbonyl (C=O) groups excluding carboxylic acids is 2. The zero-order valence-electron chi connectivity index (χ0n) is 11.1. The molecule has 0 spiro atoms. The number of methoxy groups -OCH3 is 1. The third kappa shape index (κ3) is 3.43. The highest BCUT2D eigenvalue weighted by Crippen LogP contribution is 2.15. The highest BCUT2D eigenvalue weighted by atomic mass is 16.5. The fourth-order valence-electron chi connectivity index (χ4n) is 2.00. The lowest BCUT2D eigenvalue weighted by Crippen LogP contribution is -2.35. The van der Waals surface area contributed by atoms with Gasteiger partial charge in [0.1, 0.15) is 5.75 Å². The molecule has 1 saturated heterocycles. The van der Waals surface area contributed by atoms with Crippen molar-refractivity contribution in [2.45, 2.75) is 19.9 Å². The van der Waals surface area contributed by atoms with E-state index in [0.717, 1.165) is 17.1 Å².